The number of carbonyl (C=O) groups excluding carboxylic acids is 1. The number of nitrogens with zero attached hydrogens (tertiary/aromatic N) is 3. The fourth-order valence-corrected chi connectivity index (χ4v) is 5.19. The third-order valence-corrected chi connectivity index (χ3v) is 7.12. The van der Waals surface area contributed by atoms with E-state index in [1.165, 1.54) is 0 Å². The number of benzene rings is 1. The maximum Gasteiger partial charge on any atom is 0.267 e. The number of nitrogens with one attached hydrogen (secondary N) is 1. The van der Waals surface area contributed by atoms with Gasteiger partial charge in [-0.05, 0) is 48.8 Å². The highest BCUT2D eigenvalue weighted by Gasteiger charge is 2.27. The Kier molecular flexibility index (Phi) is 6.46. The first-order valence-electron chi connectivity index (χ1n) is 8.64. The van der Waals surface area contributed by atoms with Gasteiger partial charge in [0.1, 0.15) is 4.88 Å². The molecule has 27 heavy (non-hydrogen) atoms. The van der Waals surface area contributed by atoms with Gasteiger partial charge >= 0.3 is 0 Å². The van der Waals surface area contributed by atoms with Crippen LogP contribution >= 0.6 is 23.1 Å². The van der Waals surface area contributed by atoms with Crippen molar-refractivity contribution in [3.8, 4) is 0 Å². The van der Waals surface area contributed by atoms with E-state index < -0.39 is 10.0 Å². The van der Waals surface area contributed by atoms with Crippen molar-refractivity contribution < 1.29 is 13.2 Å². The van der Waals surface area contributed by atoms with Crippen molar-refractivity contribution in [2.24, 2.45) is 5.92 Å². The Morgan fingerprint density at radius 1 is 1.33 bits per heavy atom. The van der Waals surface area contributed by atoms with Crippen LogP contribution in [0.25, 0.3) is 0 Å². The molecule has 1 aliphatic rings. The second kappa shape index (κ2) is 8.64. The fraction of sp³-hybridized carbons (Fsp3) is 0.471. The molecule has 0 radical (unpaired) electrons. The predicted octanol–water partition coefficient (Wildman–Crippen LogP) is 2.47. The molecular formula is C17H21ClN4O3S2. The lowest BCUT2D eigenvalue weighted by atomic mass is 9.97. The van der Waals surface area contributed by atoms with E-state index in [0.29, 0.717) is 40.8 Å². The number of aromatic nitrogens is 2. The highest BCUT2D eigenvalue weighted by Crippen LogP contribution is 2.21. The molecular weight excluding hydrogens is 408 g/mol. The van der Waals surface area contributed by atoms with Crippen LogP contribution in [-0.2, 0) is 15.8 Å². The molecule has 1 aliphatic heterocycles. The second-order valence-electron chi connectivity index (χ2n) is 6.62. The minimum Gasteiger partial charge on any atom is -0.338 e. The van der Waals surface area contributed by atoms with Crippen molar-refractivity contribution in [3.63, 3.8) is 0 Å². The molecule has 10 heteroatoms. The summed E-state index contributed by atoms with van der Waals surface area (Å²) in [6.07, 6.45) is 1.51. The van der Waals surface area contributed by atoms with Crippen LogP contribution in [0.15, 0.2) is 24.3 Å². The lowest BCUT2D eigenvalue weighted by Crippen LogP contribution is -2.41. The molecule has 2 aromatic rings. The zero-order valence-corrected chi connectivity index (χ0v) is 17.3. The number of carbonyl (C=O) groups is 1. The Bertz CT molecular complexity index is 908. The Labute approximate surface area is 167 Å². The number of rotatable bonds is 6. The summed E-state index contributed by atoms with van der Waals surface area (Å²) in [6.45, 7) is 3.35. The van der Waals surface area contributed by atoms with E-state index in [1.54, 1.807) is 36.1 Å². The summed E-state index contributed by atoms with van der Waals surface area (Å²) in [5.41, 5.74) is 1.24. The number of amides is 1. The van der Waals surface area contributed by atoms with Gasteiger partial charge in [-0.3, -0.25) is 4.79 Å². The Hall–Kier alpha value is -1.55. The normalized spacial score (nSPS) is 15.9. The van der Waals surface area contributed by atoms with E-state index in [2.05, 4.69) is 14.3 Å². The smallest absolute Gasteiger partial charge is 0.267 e. The van der Waals surface area contributed by atoms with Gasteiger partial charge in [0.2, 0.25) is 10.0 Å². The zero-order chi connectivity index (χ0) is 19.4. The van der Waals surface area contributed by atoms with E-state index in [4.69, 9.17) is 11.6 Å². The monoisotopic (exact) mass is 428 g/mol. The van der Waals surface area contributed by atoms with Crippen LogP contribution in [0.5, 0.6) is 0 Å². The van der Waals surface area contributed by atoms with Crippen LogP contribution < -0.4 is 4.72 Å². The van der Waals surface area contributed by atoms with Gasteiger partial charge in [-0.2, -0.15) is 0 Å². The summed E-state index contributed by atoms with van der Waals surface area (Å²) in [6, 6.07) is 6.93. The Morgan fingerprint density at radius 2 is 2.04 bits per heavy atom. The van der Waals surface area contributed by atoms with Gasteiger partial charge in [0.25, 0.3) is 5.91 Å². The van der Waals surface area contributed by atoms with Crippen molar-refractivity contribution in [2.75, 3.05) is 19.6 Å². The molecule has 0 aliphatic carbocycles. The van der Waals surface area contributed by atoms with Crippen molar-refractivity contribution in [1.29, 1.82) is 0 Å². The number of hydrogen-bond acceptors (Lipinski definition) is 6. The summed E-state index contributed by atoms with van der Waals surface area (Å²) >= 11 is 7.15. The first-order valence-corrected chi connectivity index (χ1v) is 11.4. The van der Waals surface area contributed by atoms with E-state index in [-0.39, 0.29) is 17.6 Å². The van der Waals surface area contributed by atoms with Crippen LogP contribution in [0.1, 0.15) is 33.8 Å². The zero-order valence-electron chi connectivity index (χ0n) is 14.9. The highest BCUT2D eigenvalue weighted by atomic mass is 35.5. The summed E-state index contributed by atoms with van der Waals surface area (Å²) in [5, 5.41) is 4.33. The van der Waals surface area contributed by atoms with E-state index >= 15 is 0 Å². The van der Waals surface area contributed by atoms with Crippen molar-refractivity contribution in [2.45, 2.75) is 25.5 Å². The number of likely N-dealkylation sites (tertiary alicyclic amines) is 1. The third kappa shape index (κ3) is 5.25. The van der Waals surface area contributed by atoms with Crippen molar-refractivity contribution >= 4 is 39.1 Å². The van der Waals surface area contributed by atoms with Crippen LogP contribution in [0.3, 0.4) is 0 Å². The summed E-state index contributed by atoms with van der Waals surface area (Å²) < 4.78 is 31.1. The van der Waals surface area contributed by atoms with Gasteiger partial charge < -0.3 is 4.90 Å². The lowest BCUT2D eigenvalue weighted by molar-refractivity contribution is 0.0696. The number of halogens is 1. The predicted molar refractivity (Wildman–Crippen MR) is 105 cm³/mol. The minimum atomic E-state index is -3.46. The molecule has 1 N–H and O–H groups in total. The standard InChI is InChI=1S/C17H21ClN4O3S2/c1-12-16(26-21-20-12)17(23)22-8-6-13(7-9-22)10-19-27(24,25)11-14-4-2-3-5-15(14)18/h2-5,13,19H,6-11H2,1H3. The molecule has 1 amide bonds. The quantitative estimate of drug-likeness (QED) is 0.762. The topological polar surface area (TPSA) is 92.3 Å². The fourth-order valence-electron chi connectivity index (χ4n) is 3.03. The van der Waals surface area contributed by atoms with Crippen LogP contribution in [-0.4, -0.2) is 48.4 Å². The molecule has 0 unspecified atom stereocenters. The van der Waals surface area contributed by atoms with E-state index in [1.807, 2.05) is 0 Å². The average Bonchev–Trinajstić information content (AvgIpc) is 3.08. The summed E-state index contributed by atoms with van der Waals surface area (Å²) in [4.78, 5) is 14.8. The van der Waals surface area contributed by atoms with Crippen LogP contribution in [0, 0.1) is 12.8 Å². The first kappa shape index (κ1) is 20.2. The molecule has 0 bridgehead atoms. The van der Waals surface area contributed by atoms with Gasteiger partial charge in [0.15, 0.2) is 0 Å². The molecule has 1 fully saturated rings. The molecule has 0 atom stereocenters. The average molecular weight is 429 g/mol. The largest absolute Gasteiger partial charge is 0.338 e. The summed E-state index contributed by atoms with van der Waals surface area (Å²) in [5.74, 6) is 0.0257. The Morgan fingerprint density at radius 3 is 2.67 bits per heavy atom. The third-order valence-electron chi connectivity index (χ3n) is 4.64. The number of sulfonamides is 1. The molecule has 0 spiro atoms. The summed E-state index contributed by atoms with van der Waals surface area (Å²) in [7, 11) is -3.46. The molecule has 1 aromatic carbocycles. The van der Waals surface area contributed by atoms with Crippen LogP contribution in [0.2, 0.25) is 5.02 Å². The minimum absolute atomic E-state index is 0.0414. The number of piperidine rings is 1. The van der Waals surface area contributed by atoms with Gasteiger partial charge in [0, 0.05) is 24.7 Å². The molecule has 7 nitrogen and oxygen atoms in total. The van der Waals surface area contributed by atoms with Gasteiger partial charge in [-0.15, -0.1) is 5.10 Å². The van der Waals surface area contributed by atoms with Gasteiger partial charge in [0.05, 0.1) is 11.4 Å². The van der Waals surface area contributed by atoms with E-state index in [9.17, 15) is 13.2 Å². The van der Waals surface area contributed by atoms with Crippen LogP contribution in [0.4, 0.5) is 0 Å². The van der Waals surface area contributed by atoms with Crippen molar-refractivity contribution in [3.05, 3.63) is 45.4 Å². The Balaban J connectivity index is 1.49. The molecule has 1 saturated heterocycles. The number of hydrogen-bond donors (Lipinski definition) is 1. The van der Waals surface area contributed by atoms with Gasteiger partial charge in [-0.25, -0.2) is 13.1 Å². The molecule has 1 aromatic heterocycles. The number of aryl methyl sites for hydroxylation is 1. The maximum atomic E-state index is 12.5. The first-order chi connectivity index (χ1) is 12.9. The van der Waals surface area contributed by atoms with E-state index in [0.717, 1.165) is 24.4 Å². The maximum absolute atomic E-state index is 12.5. The molecule has 146 valence electrons. The SMILES string of the molecule is Cc1nnsc1C(=O)N1CCC(CNS(=O)(=O)Cc2ccccc2Cl)CC1. The molecule has 2 heterocycles. The van der Waals surface area contributed by atoms with Gasteiger partial charge in [-0.1, -0.05) is 34.3 Å². The van der Waals surface area contributed by atoms with Crippen molar-refractivity contribution in [1.82, 2.24) is 19.2 Å². The lowest BCUT2D eigenvalue weighted by Gasteiger charge is -2.31. The highest BCUT2D eigenvalue weighted by molar-refractivity contribution is 7.88. The second-order valence-corrected chi connectivity index (χ2v) is 9.59. The molecule has 3 rings (SSSR count). The molecule has 0 saturated carbocycles.